The minimum Gasteiger partial charge on any atom is -0.307 e. The Morgan fingerprint density at radius 1 is 1.41 bits per heavy atom. The van der Waals surface area contributed by atoms with Crippen molar-refractivity contribution >= 4 is 38.9 Å². The molecule has 0 aliphatic rings. The van der Waals surface area contributed by atoms with Gasteiger partial charge in [0, 0.05) is 28.0 Å². The molecule has 2 aromatic rings. The van der Waals surface area contributed by atoms with Crippen molar-refractivity contribution in [2.75, 3.05) is 0 Å². The van der Waals surface area contributed by atoms with Gasteiger partial charge >= 0.3 is 0 Å². The summed E-state index contributed by atoms with van der Waals surface area (Å²) < 4.78 is 1.07. The molecule has 0 spiro atoms. The second-order valence-corrected chi connectivity index (χ2v) is 6.05. The molecule has 0 amide bonds. The first-order chi connectivity index (χ1) is 8.15. The monoisotopic (exact) mass is 330 g/mol. The highest BCUT2D eigenvalue weighted by atomic mass is 79.9. The second kappa shape index (κ2) is 5.96. The topological polar surface area (TPSA) is 24.9 Å². The smallest absolute Gasteiger partial charge is 0.0897 e. The van der Waals surface area contributed by atoms with Crippen molar-refractivity contribution in [3.63, 3.8) is 0 Å². The van der Waals surface area contributed by atoms with E-state index in [1.165, 1.54) is 0 Å². The summed E-state index contributed by atoms with van der Waals surface area (Å²) in [5.74, 6) is 0. The fourth-order valence-corrected chi connectivity index (χ4v) is 2.69. The lowest BCUT2D eigenvalue weighted by Gasteiger charge is -2.06. The van der Waals surface area contributed by atoms with Gasteiger partial charge in [-0.1, -0.05) is 27.5 Å². The number of aryl methyl sites for hydroxylation is 1. The fraction of sp³-hybridized carbons (Fsp3) is 0.250. The molecule has 0 aliphatic carbocycles. The number of hydrogen-bond donors (Lipinski definition) is 1. The molecule has 1 aromatic heterocycles. The minimum atomic E-state index is 0.759. The SMILES string of the molecule is Cc1nc(CNCc2cc(Cl)ccc2Br)cs1. The summed E-state index contributed by atoms with van der Waals surface area (Å²) >= 11 is 11.1. The normalized spacial score (nSPS) is 10.8. The fourth-order valence-electron chi connectivity index (χ4n) is 1.49. The first-order valence-electron chi connectivity index (χ1n) is 5.21. The van der Waals surface area contributed by atoms with Crippen LogP contribution in [0, 0.1) is 6.92 Å². The lowest BCUT2D eigenvalue weighted by molar-refractivity contribution is 0.680. The van der Waals surface area contributed by atoms with Gasteiger partial charge in [0.1, 0.15) is 0 Å². The van der Waals surface area contributed by atoms with E-state index in [9.17, 15) is 0 Å². The number of halogens is 2. The van der Waals surface area contributed by atoms with Crippen LogP contribution in [0.5, 0.6) is 0 Å². The van der Waals surface area contributed by atoms with Crippen LogP contribution in [0.15, 0.2) is 28.1 Å². The number of benzene rings is 1. The largest absolute Gasteiger partial charge is 0.307 e. The van der Waals surface area contributed by atoms with Crippen molar-refractivity contribution in [2.24, 2.45) is 0 Å². The molecule has 1 aromatic carbocycles. The van der Waals surface area contributed by atoms with E-state index < -0.39 is 0 Å². The Balaban J connectivity index is 1.91. The summed E-state index contributed by atoms with van der Waals surface area (Å²) in [6, 6.07) is 5.80. The summed E-state index contributed by atoms with van der Waals surface area (Å²) in [4.78, 5) is 4.40. The molecule has 90 valence electrons. The maximum atomic E-state index is 5.96. The van der Waals surface area contributed by atoms with Gasteiger partial charge in [0.05, 0.1) is 10.7 Å². The molecule has 2 nitrogen and oxygen atoms in total. The molecule has 0 bridgehead atoms. The van der Waals surface area contributed by atoms with E-state index in [1.54, 1.807) is 11.3 Å². The number of nitrogens with zero attached hydrogens (tertiary/aromatic N) is 1. The van der Waals surface area contributed by atoms with Crippen LogP contribution in [-0.4, -0.2) is 4.98 Å². The molecule has 0 fully saturated rings. The van der Waals surface area contributed by atoms with Gasteiger partial charge in [-0.2, -0.15) is 0 Å². The standard InChI is InChI=1S/C12H12BrClN2S/c1-8-16-11(7-17-8)6-15-5-9-4-10(14)2-3-12(9)13/h2-4,7,15H,5-6H2,1H3. The van der Waals surface area contributed by atoms with E-state index in [2.05, 4.69) is 31.6 Å². The molecule has 1 heterocycles. The van der Waals surface area contributed by atoms with Gasteiger partial charge < -0.3 is 5.32 Å². The molecule has 17 heavy (non-hydrogen) atoms. The minimum absolute atomic E-state index is 0.759. The predicted molar refractivity (Wildman–Crippen MR) is 76.5 cm³/mol. The number of hydrogen-bond acceptors (Lipinski definition) is 3. The molecule has 0 unspecified atom stereocenters. The summed E-state index contributed by atoms with van der Waals surface area (Å²) in [7, 11) is 0. The van der Waals surface area contributed by atoms with Crippen LogP contribution in [0.1, 0.15) is 16.3 Å². The number of nitrogens with one attached hydrogen (secondary N) is 1. The average Bonchev–Trinajstić information content (AvgIpc) is 2.69. The Morgan fingerprint density at radius 3 is 2.94 bits per heavy atom. The van der Waals surface area contributed by atoms with E-state index in [1.807, 2.05) is 25.1 Å². The van der Waals surface area contributed by atoms with Crippen LogP contribution < -0.4 is 5.32 Å². The third-order valence-corrected chi connectivity index (χ3v) is 4.13. The van der Waals surface area contributed by atoms with E-state index in [-0.39, 0.29) is 0 Å². The van der Waals surface area contributed by atoms with E-state index in [4.69, 9.17) is 11.6 Å². The summed E-state index contributed by atoms with van der Waals surface area (Å²) in [5, 5.41) is 7.29. The van der Waals surface area contributed by atoms with Crippen LogP contribution in [0.4, 0.5) is 0 Å². The van der Waals surface area contributed by atoms with Crippen molar-refractivity contribution in [1.29, 1.82) is 0 Å². The van der Waals surface area contributed by atoms with Crippen LogP contribution in [-0.2, 0) is 13.1 Å². The molecule has 1 N–H and O–H groups in total. The molecule has 5 heteroatoms. The van der Waals surface area contributed by atoms with Crippen LogP contribution in [0.3, 0.4) is 0 Å². The average molecular weight is 332 g/mol. The number of rotatable bonds is 4. The van der Waals surface area contributed by atoms with Gasteiger partial charge in [0.25, 0.3) is 0 Å². The van der Waals surface area contributed by atoms with Gasteiger partial charge in [-0.25, -0.2) is 4.98 Å². The molecule has 2 rings (SSSR count). The van der Waals surface area contributed by atoms with Gasteiger partial charge in [0.2, 0.25) is 0 Å². The van der Waals surface area contributed by atoms with Gasteiger partial charge in [-0.15, -0.1) is 11.3 Å². The molecule has 0 saturated carbocycles. The number of thiazole rings is 1. The van der Waals surface area contributed by atoms with Crippen molar-refractivity contribution in [3.8, 4) is 0 Å². The maximum absolute atomic E-state index is 5.96. The van der Waals surface area contributed by atoms with Crippen molar-refractivity contribution in [1.82, 2.24) is 10.3 Å². The van der Waals surface area contributed by atoms with Crippen molar-refractivity contribution < 1.29 is 0 Å². The third kappa shape index (κ3) is 3.78. The van der Waals surface area contributed by atoms with E-state index in [0.717, 1.165) is 38.8 Å². The highest BCUT2D eigenvalue weighted by molar-refractivity contribution is 9.10. The Kier molecular flexibility index (Phi) is 4.56. The Morgan fingerprint density at radius 2 is 2.24 bits per heavy atom. The zero-order valence-electron chi connectivity index (χ0n) is 9.34. The Labute approximate surface area is 118 Å². The van der Waals surface area contributed by atoms with Crippen molar-refractivity contribution in [2.45, 2.75) is 20.0 Å². The maximum Gasteiger partial charge on any atom is 0.0897 e. The zero-order chi connectivity index (χ0) is 12.3. The predicted octanol–water partition coefficient (Wildman–Crippen LogP) is 4.16. The molecular formula is C12H12BrClN2S. The first-order valence-corrected chi connectivity index (χ1v) is 7.26. The second-order valence-electron chi connectivity index (χ2n) is 3.70. The Bertz CT molecular complexity index is 513. The molecule has 0 saturated heterocycles. The van der Waals surface area contributed by atoms with Gasteiger partial charge in [-0.05, 0) is 30.7 Å². The van der Waals surface area contributed by atoms with E-state index in [0.29, 0.717) is 0 Å². The molecule has 0 atom stereocenters. The van der Waals surface area contributed by atoms with Gasteiger partial charge in [0.15, 0.2) is 0 Å². The summed E-state index contributed by atoms with van der Waals surface area (Å²) in [6.45, 7) is 3.57. The Hall–Kier alpha value is -0.420. The quantitative estimate of drug-likeness (QED) is 0.910. The number of aromatic nitrogens is 1. The van der Waals surface area contributed by atoms with E-state index >= 15 is 0 Å². The summed E-state index contributed by atoms with van der Waals surface area (Å²) in [6.07, 6.45) is 0. The van der Waals surface area contributed by atoms with Gasteiger partial charge in [-0.3, -0.25) is 0 Å². The lowest BCUT2D eigenvalue weighted by Crippen LogP contribution is -2.13. The molecule has 0 aliphatic heterocycles. The molecule has 0 radical (unpaired) electrons. The highest BCUT2D eigenvalue weighted by Crippen LogP contribution is 2.21. The van der Waals surface area contributed by atoms with Crippen LogP contribution in [0.2, 0.25) is 5.02 Å². The molecular weight excluding hydrogens is 320 g/mol. The highest BCUT2D eigenvalue weighted by Gasteiger charge is 2.02. The van der Waals surface area contributed by atoms with Crippen LogP contribution >= 0.6 is 38.9 Å². The van der Waals surface area contributed by atoms with Crippen molar-refractivity contribution in [3.05, 3.63) is 49.3 Å². The summed E-state index contributed by atoms with van der Waals surface area (Å²) in [5.41, 5.74) is 2.25. The lowest BCUT2D eigenvalue weighted by atomic mass is 10.2. The van der Waals surface area contributed by atoms with Crippen LogP contribution in [0.25, 0.3) is 0 Å². The third-order valence-electron chi connectivity index (χ3n) is 2.30. The zero-order valence-corrected chi connectivity index (χ0v) is 12.5. The first kappa shape index (κ1) is 13.0.